The van der Waals surface area contributed by atoms with Gasteiger partial charge in [-0.05, 0) is 0 Å². The molecular formula is C4H4Br6S2. The van der Waals surface area contributed by atoms with Gasteiger partial charge >= 0.3 is 0 Å². The van der Waals surface area contributed by atoms with Gasteiger partial charge in [-0.2, -0.15) is 0 Å². The van der Waals surface area contributed by atoms with Crippen LogP contribution in [0.4, 0.5) is 0 Å². The van der Waals surface area contributed by atoms with Gasteiger partial charge in [0.25, 0.3) is 0 Å². The first-order chi connectivity index (χ1) is 5.21. The highest BCUT2D eigenvalue weighted by Crippen LogP contribution is 2.44. The van der Waals surface area contributed by atoms with Crippen LogP contribution in [0.2, 0.25) is 0 Å². The number of hydrogen-bond acceptors (Lipinski definition) is 2. The summed E-state index contributed by atoms with van der Waals surface area (Å²) < 4.78 is -0.281. The molecule has 0 amide bonds. The highest BCUT2D eigenvalue weighted by molar-refractivity contribution is 9.40. The van der Waals surface area contributed by atoms with E-state index in [4.69, 9.17) is 0 Å². The number of hydrogen-bond donors (Lipinski definition) is 0. The minimum Gasteiger partial charge on any atom is -0.0908 e. The summed E-state index contributed by atoms with van der Waals surface area (Å²) in [6, 6.07) is 0. The third-order valence-corrected chi connectivity index (χ3v) is 6.91. The van der Waals surface area contributed by atoms with Crippen molar-refractivity contribution >= 4 is 117 Å². The normalized spacial score (nSPS) is 13.5. The molecule has 0 nitrogen and oxygen atoms in total. The lowest BCUT2D eigenvalue weighted by atomic mass is 11.0. The first-order valence-corrected chi connectivity index (χ1v) is 9.83. The van der Waals surface area contributed by atoms with Gasteiger partial charge in [-0.1, -0.05) is 117 Å². The van der Waals surface area contributed by atoms with Crippen molar-refractivity contribution in [2.75, 3.05) is 11.5 Å². The molecule has 0 bridgehead atoms. The Morgan fingerprint density at radius 2 is 0.917 bits per heavy atom. The van der Waals surface area contributed by atoms with Gasteiger partial charge in [0, 0.05) is 11.5 Å². The fourth-order valence-electron chi connectivity index (χ4n) is 0.217. The van der Waals surface area contributed by atoms with Crippen LogP contribution >= 0.6 is 117 Å². The van der Waals surface area contributed by atoms with Crippen molar-refractivity contribution in [2.45, 2.75) is 4.29 Å². The minimum absolute atomic E-state index is 0.141. The monoisotopic (exact) mass is 589 g/mol. The summed E-state index contributed by atoms with van der Waals surface area (Å²) in [6.07, 6.45) is 0. The first-order valence-electron chi connectivity index (χ1n) is 2.59. The second kappa shape index (κ2) is 7.01. The molecule has 0 saturated heterocycles. The van der Waals surface area contributed by atoms with Crippen LogP contribution in [-0.2, 0) is 0 Å². The second-order valence-corrected chi connectivity index (χ2v) is 18.7. The topological polar surface area (TPSA) is 0 Å². The fourth-order valence-corrected chi connectivity index (χ4v) is 7.00. The zero-order valence-electron chi connectivity index (χ0n) is 5.50. The molecule has 0 N–H and O–H groups in total. The van der Waals surface area contributed by atoms with E-state index >= 15 is 0 Å². The van der Waals surface area contributed by atoms with E-state index in [-0.39, 0.29) is 4.29 Å². The Bertz CT molecular complexity index is 110. The molecule has 12 heavy (non-hydrogen) atoms. The minimum atomic E-state index is -0.141. The van der Waals surface area contributed by atoms with Gasteiger partial charge in [0.2, 0.25) is 0 Å². The van der Waals surface area contributed by atoms with Gasteiger partial charge in [-0.3, -0.25) is 0 Å². The van der Waals surface area contributed by atoms with Crippen LogP contribution in [0.3, 0.4) is 0 Å². The summed E-state index contributed by atoms with van der Waals surface area (Å²) in [5, 5.41) is 0. The van der Waals surface area contributed by atoms with E-state index < -0.39 is 0 Å². The fraction of sp³-hybridized carbons (Fsp3) is 1.00. The summed E-state index contributed by atoms with van der Waals surface area (Å²) in [5.74, 6) is 1.86. The van der Waals surface area contributed by atoms with Crippen molar-refractivity contribution in [3.63, 3.8) is 0 Å². The van der Waals surface area contributed by atoms with Crippen molar-refractivity contribution in [1.29, 1.82) is 0 Å². The molecule has 0 saturated carbocycles. The zero-order chi connectivity index (χ0) is 9.83. The molecule has 0 heterocycles. The number of alkyl halides is 6. The molecule has 0 aromatic rings. The van der Waals surface area contributed by atoms with Gasteiger partial charge in [-0.25, -0.2) is 0 Å². The Kier molecular flexibility index (Phi) is 9.11. The Labute approximate surface area is 131 Å². The van der Waals surface area contributed by atoms with Crippen LogP contribution in [0.15, 0.2) is 0 Å². The van der Waals surface area contributed by atoms with Crippen molar-refractivity contribution in [2.24, 2.45) is 0 Å². The molecular weight excluding hydrogens is 592 g/mol. The van der Waals surface area contributed by atoms with E-state index in [2.05, 4.69) is 95.6 Å². The van der Waals surface area contributed by atoms with E-state index in [1.54, 1.807) is 21.6 Å². The third-order valence-electron chi connectivity index (χ3n) is 0.529. The van der Waals surface area contributed by atoms with E-state index in [0.717, 1.165) is 11.5 Å². The Morgan fingerprint density at radius 3 is 1.08 bits per heavy atom. The third kappa shape index (κ3) is 13.6. The van der Waals surface area contributed by atoms with Crippen LogP contribution in [0.1, 0.15) is 0 Å². The maximum absolute atomic E-state index is 3.42. The van der Waals surface area contributed by atoms with E-state index in [1.165, 1.54) is 0 Å². The van der Waals surface area contributed by atoms with Crippen molar-refractivity contribution in [3.05, 3.63) is 0 Å². The second-order valence-electron chi connectivity index (χ2n) is 1.75. The zero-order valence-corrected chi connectivity index (χ0v) is 16.6. The quantitative estimate of drug-likeness (QED) is 0.222. The van der Waals surface area contributed by atoms with Crippen molar-refractivity contribution in [1.82, 2.24) is 0 Å². The predicted octanol–water partition coefficient (Wildman–Crippen LogP) is 6.04. The van der Waals surface area contributed by atoms with Crippen molar-refractivity contribution < 1.29 is 0 Å². The summed E-state index contributed by atoms with van der Waals surface area (Å²) >= 11 is 20.5. The molecule has 0 fully saturated rings. The van der Waals surface area contributed by atoms with E-state index in [1.807, 2.05) is 0 Å². The van der Waals surface area contributed by atoms with Crippen LogP contribution < -0.4 is 0 Å². The average Bonchev–Trinajstić information content (AvgIpc) is 1.76. The van der Waals surface area contributed by atoms with Crippen molar-refractivity contribution in [3.8, 4) is 0 Å². The molecule has 0 unspecified atom stereocenters. The lowest BCUT2D eigenvalue weighted by Crippen LogP contribution is -2.04. The van der Waals surface area contributed by atoms with Gasteiger partial charge < -0.3 is 0 Å². The van der Waals surface area contributed by atoms with E-state index in [0.29, 0.717) is 0 Å². The molecule has 0 aromatic heterocycles. The Morgan fingerprint density at radius 1 is 0.667 bits per heavy atom. The standard InChI is InChI=1S/C4H4Br6S2/c5-3(6,7)1-11-12-2-4(8,9)10/h1-2H2. The maximum atomic E-state index is 3.42. The van der Waals surface area contributed by atoms with Crippen LogP contribution in [0, 0.1) is 0 Å². The van der Waals surface area contributed by atoms with Gasteiger partial charge in [0.05, 0.1) is 0 Å². The van der Waals surface area contributed by atoms with Crippen LogP contribution in [0.25, 0.3) is 0 Å². The molecule has 0 aliphatic heterocycles. The smallest absolute Gasteiger partial charge is 0.0908 e. The molecule has 0 aliphatic rings. The summed E-state index contributed by atoms with van der Waals surface area (Å²) in [5.41, 5.74) is 0. The first kappa shape index (κ1) is 15.6. The largest absolute Gasteiger partial charge is 0.144 e. The maximum Gasteiger partial charge on any atom is 0.144 e. The molecule has 0 spiro atoms. The molecule has 0 atom stereocenters. The van der Waals surface area contributed by atoms with Gasteiger partial charge in [0.1, 0.15) is 4.29 Å². The van der Waals surface area contributed by atoms with Gasteiger partial charge in [0.15, 0.2) is 0 Å². The van der Waals surface area contributed by atoms with Crippen LogP contribution in [0.5, 0.6) is 0 Å². The molecule has 74 valence electrons. The average molecular weight is 596 g/mol. The predicted molar refractivity (Wildman–Crippen MR) is 83.9 cm³/mol. The SMILES string of the molecule is BrC(Br)(Br)CSSCC(Br)(Br)Br. The summed E-state index contributed by atoms with van der Waals surface area (Å²) in [4.78, 5) is 0. The van der Waals surface area contributed by atoms with Crippen LogP contribution in [-0.4, -0.2) is 15.8 Å². The summed E-state index contributed by atoms with van der Waals surface area (Å²) in [7, 11) is 3.55. The molecule has 8 heteroatoms. The van der Waals surface area contributed by atoms with Gasteiger partial charge in [-0.15, -0.1) is 0 Å². The summed E-state index contributed by atoms with van der Waals surface area (Å²) in [6.45, 7) is 0. The Hall–Kier alpha value is 3.58. The highest BCUT2D eigenvalue weighted by atomic mass is 80.0. The van der Waals surface area contributed by atoms with E-state index in [9.17, 15) is 0 Å². The highest BCUT2D eigenvalue weighted by Gasteiger charge is 2.21. The Balaban J connectivity index is 3.35. The lowest BCUT2D eigenvalue weighted by Gasteiger charge is -2.13. The molecule has 0 rings (SSSR count). The number of halogens is 6. The molecule has 0 aliphatic carbocycles. The number of rotatable bonds is 3. The molecule has 0 radical (unpaired) electrons. The lowest BCUT2D eigenvalue weighted by molar-refractivity contribution is 1.44. The molecule has 0 aromatic carbocycles.